The van der Waals surface area contributed by atoms with Crippen molar-refractivity contribution in [2.24, 2.45) is 0 Å². The number of amides is 1. The lowest BCUT2D eigenvalue weighted by atomic mass is 10.1. The van der Waals surface area contributed by atoms with Gasteiger partial charge in [0.1, 0.15) is 11.4 Å². The van der Waals surface area contributed by atoms with Gasteiger partial charge in [-0.05, 0) is 43.5 Å². The predicted octanol–water partition coefficient (Wildman–Crippen LogP) is 3.93. The SMILES string of the molecule is COc1ccc2cc(C(=O)N[C@H](C)CCc3ccccc3)[nH]c2c1. The molecule has 1 atom stereocenters. The molecule has 0 saturated heterocycles. The molecule has 0 fully saturated rings. The number of benzene rings is 2. The van der Waals surface area contributed by atoms with E-state index in [-0.39, 0.29) is 11.9 Å². The van der Waals surface area contributed by atoms with Crippen LogP contribution in [0, 0.1) is 0 Å². The normalized spacial score (nSPS) is 12.1. The largest absolute Gasteiger partial charge is 0.497 e. The first-order valence-electron chi connectivity index (χ1n) is 8.17. The molecule has 2 N–H and O–H groups in total. The van der Waals surface area contributed by atoms with Crippen molar-refractivity contribution in [2.75, 3.05) is 7.11 Å². The number of hydrogen-bond donors (Lipinski definition) is 2. The van der Waals surface area contributed by atoms with Crippen molar-refractivity contribution in [1.29, 1.82) is 0 Å². The summed E-state index contributed by atoms with van der Waals surface area (Å²) in [5.74, 6) is 0.693. The number of fused-ring (bicyclic) bond motifs is 1. The van der Waals surface area contributed by atoms with Crippen molar-refractivity contribution in [3.63, 3.8) is 0 Å². The number of methoxy groups -OCH3 is 1. The maximum absolute atomic E-state index is 12.4. The molecule has 3 rings (SSSR count). The van der Waals surface area contributed by atoms with Gasteiger partial charge >= 0.3 is 0 Å². The summed E-state index contributed by atoms with van der Waals surface area (Å²) < 4.78 is 5.21. The molecule has 0 aliphatic carbocycles. The molecule has 4 heteroatoms. The number of aromatic nitrogens is 1. The lowest BCUT2D eigenvalue weighted by Crippen LogP contribution is -2.33. The fraction of sp³-hybridized carbons (Fsp3) is 0.250. The Morgan fingerprint density at radius 2 is 1.96 bits per heavy atom. The monoisotopic (exact) mass is 322 g/mol. The number of H-pyrrole nitrogens is 1. The van der Waals surface area contributed by atoms with Gasteiger partial charge in [0.15, 0.2) is 0 Å². The molecule has 0 aliphatic heterocycles. The second-order valence-electron chi connectivity index (χ2n) is 6.03. The van der Waals surface area contributed by atoms with E-state index in [0.717, 1.165) is 29.5 Å². The van der Waals surface area contributed by atoms with Gasteiger partial charge in [-0.1, -0.05) is 30.3 Å². The fourth-order valence-electron chi connectivity index (χ4n) is 2.76. The molecule has 0 aliphatic rings. The van der Waals surface area contributed by atoms with Crippen LogP contribution in [-0.2, 0) is 6.42 Å². The van der Waals surface area contributed by atoms with Crippen LogP contribution in [0.25, 0.3) is 10.9 Å². The Balaban J connectivity index is 1.61. The predicted molar refractivity (Wildman–Crippen MR) is 96.5 cm³/mol. The third-order valence-corrected chi connectivity index (χ3v) is 4.16. The van der Waals surface area contributed by atoms with Gasteiger partial charge in [0.05, 0.1) is 7.11 Å². The average molecular weight is 322 g/mol. The molecule has 0 saturated carbocycles. The number of carbonyl (C=O) groups is 1. The summed E-state index contributed by atoms with van der Waals surface area (Å²) in [6.45, 7) is 2.03. The van der Waals surface area contributed by atoms with Crippen molar-refractivity contribution < 1.29 is 9.53 Å². The van der Waals surface area contributed by atoms with Gasteiger partial charge in [-0.15, -0.1) is 0 Å². The minimum Gasteiger partial charge on any atom is -0.497 e. The van der Waals surface area contributed by atoms with Gasteiger partial charge in [-0.3, -0.25) is 4.79 Å². The van der Waals surface area contributed by atoms with Crippen molar-refractivity contribution in [3.8, 4) is 5.75 Å². The third-order valence-electron chi connectivity index (χ3n) is 4.16. The first kappa shape index (κ1) is 16.1. The highest BCUT2D eigenvalue weighted by atomic mass is 16.5. The highest BCUT2D eigenvalue weighted by Crippen LogP contribution is 2.21. The number of hydrogen-bond acceptors (Lipinski definition) is 2. The number of aryl methyl sites for hydroxylation is 1. The van der Waals surface area contributed by atoms with E-state index >= 15 is 0 Å². The molecule has 1 heterocycles. The smallest absolute Gasteiger partial charge is 0.267 e. The van der Waals surface area contributed by atoms with Crippen LogP contribution in [0.4, 0.5) is 0 Å². The summed E-state index contributed by atoms with van der Waals surface area (Å²) in [6.07, 6.45) is 1.86. The minimum absolute atomic E-state index is 0.0780. The number of aromatic amines is 1. The summed E-state index contributed by atoms with van der Waals surface area (Å²) in [5.41, 5.74) is 2.76. The van der Waals surface area contributed by atoms with E-state index in [1.54, 1.807) is 7.11 Å². The van der Waals surface area contributed by atoms with Crippen molar-refractivity contribution in [3.05, 3.63) is 65.9 Å². The second kappa shape index (κ2) is 7.21. The summed E-state index contributed by atoms with van der Waals surface area (Å²) in [4.78, 5) is 15.6. The fourth-order valence-corrected chi connectivity index (χ4v) is 2.76. The van der Waals surface area contributed by atoms with Crippen LogP contribution < -0.4 is 10.1 Å². The molecule has 2 aromatic carbocycles. The van der Waals surface area contributed by atoms with Crippen molar-refractivity contribution in [2.45, 2.75) is 25.8 Å². The van der Waals surface area contributed by atoms with E-state index in [1.807, 2.05) is 49.4 Å². The van der Waals surface area contributed by atoms with Crippen molar-refractivity contribution in [1.82, 2.24) is 10.3 Å². The van der Waals surface area contributed by atoms with E-state index in [9.17, 15) is 4.79 Å². The molecule has 3 aromatic rings. The molecule has 0 spiro atoms. The van der Waals surface area contributed by atoms with E-state index in [0.29, 0.717) is 5.69 Å². The standard InChI is InChI=1S/C20H22N2O2/c1-14(8-9-15-6-4-3-5-7-15)21-20(23)19-12-16-10-11-17(24-2)13-18(16)22-19/h3-7,10-14,22H,8-9H2,1-2H3,(H,21,23)/t14-/m1/s1. The van der Waals surface area contributed by atoms with E-state index in [2.05, 4.69) is 22.4 Å². The summed E-state index contributed by atoms with van der Waals surface area (Å²) >= 11 is 0. The Labute approximate surface area is 141 Å². The van der Waals surface area contributed by atoms with E-state index in [4.69, 9.17) is 4.74 Å². The Hall–Kier alpha value is -2.75. The molecule has 1 amide bonds. The number of nitrogens with one attached hydrogen (secondary N) is 2. The Morgan fingerprint density at radius 3 is 2.71 bits per heavy atom. The van der Waals surface area contributed by atoms with Gasteiger partial charge in [-0.2, -0.15) is 0 Å². The Morgan fingerprint density at radius 1 is 1.17 bits per heavy atom. The van der Waals surface area contributed by atoms with E-state index < -0.39 is 0 Å². The lowest BCUT2D eigenvalue weighted by molar-refractivity contribution is 0.0934. The maximum atomic E-state index is 12.4. The second-order valence-corrected chi connectivity index (χ2v) is 6.03. The van der Waals surface area contributed by atoms with Gasteiger partial charge in [-0.25, -0.2) is 0 Å². The topological polar surface area (TPSA) is 54.1 Å². The summed E-state index contributed by atoms with van der Waals surface area (Å²) in [6, 6.07) is 18.0. The maximum Gasteiger partial charge on any atom is 0.267 e. The van der Waals surface area contributed by atoms with Crippen LogP contribution in [0.5, 0.6) is 5.75 Å². The van der Waals surface area contributed by atoms with E-state index in [1.165, 1.54) is 5.56 Å². The minimum atomic E-state index is -0.0780. The highest BCUT2D eigenvalue weighted by molar-refractivity contribution is 5.98. The van der Waals surface area contributed by atoms with Crippen LogP contribution in [0.3, 0.4) is 0 Å². The average Bonchev–Trinajstić information content (AvgIpc) is 3.04. The van der Waals surface area contributed by atoms with Crippen LogP contribution in [0.1, 0.15) is 29.4 Å². The molecule has 1 aromatic heterocycles. The molecular formula is C20H22N2O2. The quantitative estimate of drug-likeness (QED) is 0.722. The molecule has 24 heavy (non-hydrogen) atoms. The van der Waals surface area contributed by atoms with Gasteiger partial charge in [0.2, 0.25) is 0 Å². The Kier molecular flexibility index (Phi) is 4.85. The van der Waals surface area contributed by atoms with Crippen LogP contribution in [0.15, 0.2) is 54.6 Å². The van der Waals surface area contributed by atoms with Gasteiger partial charge in [0.25, 0.3) is 5.91 Å². The first-order valence-corrected chi connectivity index (χ1v) is 8.17. The molecular weight excluding hydrogens is 300 g/mol. The zero-order valence-electron chi connectivity index (χ0n) is 14.0. The highest BCUT2D eigenvalue weighted by Gasteiger charge is 2.13. The molecule has 124 valence electrons. The Bertz CT molecular complexity index is 824. The molecule has 0 unspecified atom stereocenters. The van der Waals surface area contributed by atoms with Crippen LogP contribution in [-0.4, -0.2) is 24.0 Å². The van der Waals surface area contributed by atoms with Gasteiger partial charge in [0, 0.05) is 23.0 Å². The van der Waals surface area contributed by atoms with Crippen LogP contribution in [0.2, 0.25) is 0 Å². The zero-order chi connectivity index (χ0) is 16.9. The number of rotatable bonds is 6. The molecule has 0 bridgehead atoms. The van der Waals surface area contributed by atoms with Crippen molar-refractivity contribution >= 4 is 16.8 Å². The zero-order valence-corrected chi connectivity index (χ0v) is 14.0. The molecule has 4 nitrogen and oxygen atoms in total. The summed E-state index contributed by atoms with van der Waals surface area (Å²) in [7, 11) is 1.63. The first-order chi connectivity index (χ1) is 11.7. The lowest BCUT2D eigenvalue weighted by Gasteiger charge is -2.13. The van der Waals surface area contributed by atoms with Crippen LogP contribution >= 0.6 is 0 Å². The van der Waals surface area contributed by atoms with Gasteiger partial charge < -0.3 is 15.0 Å². The number of carbonyl (C=O) groups excluding carboxylic acids is 1. The number of ether oxygens (including phenoxy) is 1. The summed E-state index contributed by atoms with van der Waals surface area (Å²) in [5, 5.41) is 4.05. The third kappa shape index (κ3) is 3.77. The molecule has 0 radical (unpaired) electrons.